The molecule has 0 amide bonds. The number of aliphatic hydroxyl groups is 1. The monoisotopic (exact) mass is 320 g/mol. The van der Waals surface area contributed by atoms with Crippen molar-refractivity contribution in [2.75, 3.05) is 13.1 Å². The topological polar surface area (TPSA) is 28.4 Å². The molecule has 0 atom stereocenters. The first kappa shape index (κ1) is 15.4. The number of hydrogen-bond acceptors (Lipinski definition) is 2. The zero-order valence-electron chi connectivity index (χ0n) is 13.9. The summed E-state index contributed by atoms with van der Waals surface area (Å²) in [6.07, 6.45) is 4.57. The van der Waals surface area contributed by atoms with Crippen LogP contribution >= 0.6 is 0 Å². The van der Waals surface area contributed by atoms with Crippen LogP contribution in [-0.2, 0) is 13.2 Å². The van der Waals surface area contributed by atoms with E-state index >= 15 is 0 Å². The normalized spacial score (nSPS) is 16.7. The summed E-state index contributed by atoms with van der Waals surface area (Å²) in [5.41, 5.74) is 3.64. The van der Waals surface area contributed by atoms with Crippen LogP contribution in [0.2, 0.25) is 0 Å². The van der Waals surface area contributed by atoms with Gasteiger partial charge in [-0.25, -0.2) is 0 Å². The van der Waals surface area contributed by atoms with Crippen LogP contribution in [0.1, 0.15) is 30.0 Å². The number of benzene rings is 2. The maximum absolute atomic E-state index is 9.39. The predicted molar refractivity (Wildman–Crippen MR) is 97.9 cm³/mol. The minimum atomic E-state index is 0.108. The van der Waals surface area contributed by atoms with E-state index in [4.69, 9.17) is 0 Å². The molecule has 0 spiro atoms. The molecule has 4 rings (SSSR count). The van der Waals surface area contributed by atoms with Gasteiger partial charge in [0.15, 0.2) is 0 Å². The van der Waals surface area contributed by atoms with E-state index in [-0.39, 0.29) is 6.61 Å². The molecule has 24 heavy (non-hydrogen) atoms. The maximum atomic E-state index is 9.39. The fraction of sp³-hybridized carbons (Fsp3) is 0.333. The Kier molecular flexibility index (Phi) is 4.37. The number of hydrogen-bond donors (Lipinski definition) is 1. The molecular weight excluding hydrogens is 296 g/mol. The molecule has 1 fully saturated rings. The minimum absolute atomic E-state index is 0.108. The lowest BCUT2D eigenvalue weighted by Gasteiger charge is -2.33. The van der Waals surface area contributed by atoms with Gasteiger partial charge < -0.3 is 9.67 Å². The average Bonchev–Trinajstić information content (AvgIpc) is 3.06. The highest BCUT2D eigenvalue weighted by Crippen LogP contribution is 2.29. The number of fused-ring (bicyclic) bond motifs is 1. The van der Waals surface area contributed by atoms with Crippen LogP contribution in [0.5, 0.6) is 0 Å². The highest BCUT2D eigenvalue weighted by atomic mass is 16.3. The van der Waals surface area contributed by atoms with Crippen molar-refractivity contribution >= 4 is 10.9 Å². The Hall–Kier alpha value is -2.10. The van der Waals surface area contributed by atoms with Gasteiger partial charge in [0.2, 0.25) is 0 Å². The van der Waals surface area contributed by atoms with Gasteiger partial charge in [-0.1, -0.05) is 42.5 Å². The third-order valence-corrected chi connectivity index (χ3v) is 5.17. The van der Waals surface area contributed by atoms with E-state index in [0.717, 1.165) is 25.2 Å². The summed E-state index contributed by atoms with van der Waals surface area (Å²) in [4.78, 5) is 2.55. The highest BCUT2D eigenvalue weighted by Gasteiger charge is 2.21. The van der Waals surface area contributed by atoms with Crippen molar-refractivity contribution in [1.82, 2.24) is 9.47 Å². The Bertz CT molecular complexity index is 801. The van der Waals surface area contributed by atoms with E-state index in [9.17, 15) is 5.11 Å². The van der Waals surface area contributed by atoms with E-state index in [0.29, 0.717) is 6.04 Å². The van der Waals surface area contributed by atoms with Gasteiger partial charge in [-0.05, 0) is 41.5 Å². The van der Waals surface area contributed by atoms with E-state index < -0.39 is 0 Å². The second-order valence-corrected chi connectivity index (χ2v) is 6.77. The number of aliphatic hydroxyl groups excluding tert-OH is 1. The van der Waals surface area contributed by atoms with Crippen LogP contribution < -0.4 is 0 Å². The summed E-state index contributed by atoms with van der Waals surface area (Å²) in [6.45, 7) is 3.43. The largest absolute Gasteiger partial charge is 0.392 e. The van der Waals surface area contributed by atoms with Gasteiger partial charge in [-0.15, -0.1) is 0 Å². The minimum Gasteiger partial charge on any atom is -0.392 e. The van der Waals surface area contributed by atoms with E-state index in [1.54, 1.807) is 0 Å². The lowest BCUT2D eigenvalue weighted by molar-refractivity contribution is 0.181. The SMILES string of the molecule is OCc1ccc2ccn(C3CCN(Cc4ccccc4)CC3)c2c1. The quantitative estimate of drug-likeness (QED) is 0.788. The molecular formula is C21H24N2O. The molecule has 3 aromatic rings. The summed E-state index contributed by atoms with van der Waals surface area (Å²) in [7, 11) is 0. The molecule has 2 aromatic carbocycles. The van der Waals surface area contributed by atoms with E-state index in [1.807, 2.05) is 6.07 Å². The first-order valence-electron chi connectivity index (χ1n) is 8.80. The smallest absolute Gasteiger partial charge is 0.0682 e. The lowest BCUT2D eigenvalue weighted by Crippen LogP contribution is -2.34. The van der Waals surface area contributed by atoms with Crippen LogP contribution in [-0.4, -0.2) is 27.7 Å². The van der Waals surface area contributed by atoms with Gasteiger partial charge >= 0.3 is 0 Å². The number of nitrogens with zero attached hydrogens (tertiary/aromatic N) is 2. The second kappa shape index (κ2) is 6.80. The van der Waals surface area contributed by atoms with E-state index in [2.05, 4.69) is 64.2 Å². The summed E-state index contributed by atoms with van der Waals surface area (Å²) >= 11 is 0. The molecule has 0 aliphatic carbocycles. The molecule has 0 saturated carbocycles. The number of likely N-dealkylation sites (tertiary alicyclic amines) is 1. The third-order valence-electron chi connectivity index (χ3n) is 5.17. The van der Waals surface area contributed by atoms with Gasteiger partial charge in [-0.3, -0.25) is 4.90 Å². The molecule has 3 nitrogen and oxygen atoms in total. The predicted octanol–water partition coefficient (Wildman–Crippen LogP) is 3.97. The summed E-state index contributed by atoms with van der Waals surface area (Å²) < 4.78 is 2.41. The van der Waals surface area contributed by atoms with Gasteiger partial charge in [0, 0.05) is 37.4 Å². The van der Waals surface area contributed by atoms with Crippen molar-refractivity contribution < 1.29 is 5.11 Å². The molecule has 1 aliphatic heterocycles. The third kappa shape index (κ3) is 3.10. The van der Waals surface area contributed by atoms with Crippen molar-refractivity contribution in [3.05, 3.63) is 71.9 Å². The van der Waals surface area contributed by atoms with Crippen LogP contribution in [0, 0.1) is 0 Å². The molecule has 0 unspecified atom stereocenters. The average molecular weight is 320 g/mol. The zero-order chi connectivity index (χ0) is 16.4. The molecule has 0 bridgehead atoms. The molecule has 1 saturated heterocycles. The fourth-order valence-corrected chi connectivity index (χ4v) is 3.81. The summed E-state index contributed by atoms with van der Waals surface area (Å²) in [6, 6.07) is 19.7. The van der Waals surface area contributed by atoms with Crippen molar-refractivity contribution in [3.63, 3.8) is 0 Å². The van der Waals surface area contributed by atoms with Crippen LogP contribution in [0.4, 0.5) is 0 Å². The first-order valence-corrected chi connectivity index (χ1v) is 8.80. The standard InChI is InChI=1S/C21H24N2O/c24-16-18-6-7-19-8-13-23(21(19)14-18)20-9-11-22(12-10-20)15-17-4-2-1-3-5-17/h1-8,13-14,20,24H,9-12,15-16H2. The van der Waals surface area contributed by atoms with E-state index in [1.165, 1.54) is 29.3 Å². The Morgan fingerprint density at radius 3 is 2.46 bits per heavy atom. The van der Waals surface area contributed by atoms with Gasteiger partial charge in [-0.2, -0.15) is 0 Å². The Labute approximate surface area is 143 Å². The van der Waals surface area contributed by atoms with Gasteiger partial charge in [0.25, 0.3) is 0 Å². The molecule has 2 heterocycles. The van der Waals surface area contributed by atoms with Crippen LogP contribution in [0.25, 0.3) is 10.9 Å². The van der Waals surface area contributed by atoms with Crippen LogP contribution in [0.15, 0.2) is 60.8 Å². The number of aromatic nitrogens is 1. The fourth-order valence-electron chi connectivity index (χ4n) is 3.81. The highest BCUT2D eigenvalue weighted by molar-refractivity contribution is 5.81. The molecule has 124 valence electrons. The maximum Gasteiger partial charge on any atom is 0.0682 e. The first-order chi connectivity index (χ1) is 11.8. The van der Waals surface area contributed by atoms with Gasteiger partial charge in [0.1, 0.15) is 0 Å². The number of rotatable bonds is 4. The second-order valence-electron chi connectivity index (χ2n) is 6.77. The Balaban J connectivity index is 1.46. The number of piperidine rings is 1. The van der Waals surface area contributed by atoms with Crippen molar-refractivity contribution in [2.24, 2.45) is 0 Å². The van der Waals surface area contributed by atoms with Gasteiger partial charge in [0.05, 0.1) is 6.61 Å². The molecule has 1 N–H and O–H groups in total. The molecule has 3 heteroatoms. The molecule has 0 radical (unpaired) electrons. The lowest BCUT2D eigenvalue weighted by atomic mass is 10.0. The molecule has 1 aromatic heterocycles. The zero-order valence-corrected chi connectivity index (χ0v) is 13.9. The van der Waals surface area contributed by atoms with Crippen molar-refractivity contribution in [1.29, 1.82) is 0 Å². The van der Waals surface area contributed by atoms with Crippen molar-refractivity contribution in [3.8, 4) is 0 Å². The van der Waals surface area contributed by atoms with Crippen LogP contribution in [0.3, 0.4) is 0 Å². The summed E-state index contributed by atoms with van der Waals surface area (Å²) in [5.74, 6) is 0. The Morgan fingerprint density at radius 2 is 1.71 bits per heavy atom. The van der Waals surface area contributed by atoms with Crippen molar-refractivity contribution in [2.45, 2.75) is 32.0 Å². The summed E-state index contributed by atoms with van der Waals surface area (Å²) in [5, 5.41) is 10.7. The molecule has 1 aliphatic rings. The Morgan fingerprint density at radius 1 is 0.917 bits per heavy atom.